The van der Waals surface area contributed by atoms with E-state index in [1.165, 1.54) is 12.8 Å². The molecule has 0 amide bonds. The molecule has 6 heteroatoms. The predicted octanol–water partition coefficient (Wildman–Crippen LogP) is 5.52. The third kappa shape index (κ3) is 2.84. The topological polar surface area (TPSA) is 63.8 Å². The molecule has 3 aliphatic carbocycles. The van der Waals surface area contributed by atoms with E-state index in [-0.39, 0.29) is 5.95 Å². The lowest BCUT2D eigenvalue weighted by molar-refractivity contribution is -0.105. The van der Waals surface area contributed by atoms with Gasteiger partial charge in [-0.15, -0.1) is 0 Å². The zero-order valence-corrected chi connectivity index (χ0v) is 16.8. The Morgan fingerprint density at radius 1 is 1.19 bits per heavy atom. The zero-order valence-electron chi connectivity index (χ0n) is 15.3. The van der Waals surface area contributed by atoms with Crippen LogP contribution in [-0.4, -0.2) is 16.0 Å². The summed E-state index contributed by atoms with van der Waals surface area (Å²) in [6.45, 7) is 7.15. The van der Waals surface area contributed by atoms with Gasteiger partial charge in [0.15, 0.2) is 0 Å². The van der Waals surface area contributed by atoms with Gasteiger partial charge in [0.25, 0.3) is 0 Å². The zero-order chi connectivity index (χ0) is 18.6. The smallest absolute Gasteiger partial charge is 0.222 e. The Bertz CT molecular complexity index is 852. The molecule has 4 atom stereocenters. The number of rotatable bonds is 3. The van der Waals surface area contributed by atoms with Crippen LogP contribution in [0.2, 0.25) is 10.0 Å². The first-order valence-corrected chi connectivity index (χ1v) is 9.88. The van der Waals surface area contributed by atoms with Crippen LogP contribution in [0.15, 0.2) is 24.3 Å². The van der Waals surface area contributed by atoms with Gasteiger partial charge in [-0.05, 0) is 42.1 Å². The Morgan fingerprint density at radius 3 is 2.65 bits per heavy atom. The van der Waals surface area contributed by atoms with Crippen LogP contribution in [0.4, 0.5) is 11.8 Å². The molecule has 0 radical (unpaired) electrons. The van der Waals surface area contributed by atoms with Gasteiger partial charge in [-0.1, -0.05) is 56.1 Å². The number of nitrogens with two attached hydrogens (primary N) is 1. The summed E-state index contributed by atoms with van der Waals surface area (Å²) < 4.78 is 0. The SMILES string of the molecule is CC1C(Nc2cc(-c3cccc(Cl)c3Cl)nc(N)n2)CC2C[C@@H]1C2(C)C. The Hall–Kier alpha value is -1.52. The van der Waals surface area contributed by atoms with Gasteiger partial charge >= 0.3 is 0 Å². The van der Waals surface area contributed by atoms with Crippen molar-refractivity contribution in [2.45, 2.75) is 39.7 Å². The molecule has 2 bridgehead atoms. The van der Waals surface area contributed by atoms with E-state index in [2.05, 4.69) is 36.1 Å². The Balaban J connectivity index is 1.61. The number of halogens is 2. The van der Waals surface area contributed by atoms with Crippen LogP contribution in [0.1, 0.15) is 33.6 Å². The number of hydrogen-bond acceptors (Lipinski definition) is 4. The molecular weight excluding hydrogens is 367 g/mol. The Morgan fingerprint density at radius 2 is 1.96 bits per heavy atom. The van der Waals surface area contributed by atoms with Gasteiger partial charge in [-0.25, -0.2) is 4.98 Å². The molecule has 4 nitrogen and oxygen atoms in total. The highest BCUT2D eigenvalue weighted by Gasteiger charge is 2.56. The maximum Gasteiger partial charge on any atom is 0.222 e. The van der Waals surface area contributed by atoms with Gasteiger partial charge in [0.1, 0.15) is 5.82 Å². The van der Waals surface area contributed by atoms with E-state index in [0.29, 0.717) is 33.1 Å². The molecule has 0 saturated heterocycles. The predicted molar refractivity (Wildman–Crippen MR) is 108 cm³/mol. The van der Waals surface area contributed by atoms with Crippen LogP contribution < -0.4 is 11.1 Å². The molecule has 1 aromatic heterocycles. The summed E-state index contributed by atoms with van der Waals surface area (Å²) in [5.74, 6) is 3.13. The highest BCUT2D eigenvalue weighted by atomic mass is 35.5. The third-order valence-corrected chi connectivity index (χ3v) is 7.48. The van der Waals surface area contributed by atoms with E-state index in [1.807, 2.05) is 18.2 Å². The average molecular weight is 391 g/mol. The van der Waals surface area contributed by atoms with Gasteiger partial charge in [0.2, 0.25) is 5.95 Å². The van der Waals surface area contributed by atoms with Crippen molar-refractivity contribution < 1.29 is 0 Å². The van der Waals surface area contributed by atoms with E-state index >= 15 is 0 Å². The van der Waals surface area contributed by atoms with Gasteiger partial charge in [-0.3, -0.25) is 0 Å². The van der Waals surface area contributed by atoms with Crippen LogP contribution >= 0.6 is 23.2 Å². The first-order valence-electron chi connectivity index (χ1n) is 9.13. The molecule has 2 aromatic rings. The van der Waals surface area contributed by atoms with Gasteiger partial charge < -0.3 is 11.1 Å². The minimum atomic E-state index is 0.231. The third-order valence-electron chi connectivity index (χ3n) is 6.66. The second-order valence-electron chi connectivity index (χ2n) is 8.30. The van der Waals surface area contributed by atoms with Gasteiger partial charge in [0.05, 0.1) is 15.7 Å². The monoisotopic (exact) mass is 390 g/mol. The van der Waals surface area contributed by atoms with Crippen LogP contribution in [0.3, 0.4) is 0 Å². The molecule has 3 unspecified atom stereocenters. The largest absolute Gasteiger partial charge is 0.368 e. The first-order chi connectivity index (χ1) is 12.3. The molecule has 0 aliphatic heterocycles. The molecule has 5 rings (SSSR count). The molecule has 3 aliphatic rings. The summed E-state index contributed by atoms with van der Waals surface area (Å²) in [4.78, 5) is 8.74. The van der Waals surface area contributed by atoms with Gasteiger partial charge in [-0.2, -0.15) is 4.98 Å². The fourth-order valence-electron chi connectivity index (χ4n) is 4.91. The number of nitrogens with zero attached hydrogens (tertiary/aromatic N) is 2. The van der Waals surface area contributed by atoms with Crippen LogP contribution in [-0.2, 0) is 0 Å². The standard InChI is InChI=1S/C20H24Cl2N4/c1-10-13-7-11(20(13,2)3)8-15(10)24-17-9-16(25-19(23)26-17)12-5-4-6-14(21)18(12)22/h4-6,9-11,13,15H,7-8H2,1-3H3,(H3,23,24,25,26)/t10?,11?,13-,15?/m0/s1. The minimum Gasteiger partial charge on any atom is -0.368 e. The summed E-state index contributed by atoms with van der Waals surface area (Å²) in [6.07, 6.45) is 2.52. The van der Waals surface area contributed by atoms with Crippen molar-refractivity contribution in [3.8, 4) is 11.3 Å². The lowest BCUT2D eigenvalue weighted by atomic mass is 9.45. The minimum absolute atomic E-state index is 0.231. The molecule has 0 spiro atoms. The number of nitrogens with one attached hydrogen (secondary N) is 1. The highest BCUT2D eigenvalue weighted by Crippen LogP contribution is 2.61. The maximum absolute atomic E-state index is 6.35. The van der Waals surface area contributed by atoms with Crippen molar-refractivity contribution in [2.75, 3.05) is 11.1 Å². The molecule has 3 fully saturated rings. The van der Waals surface area contributed by atoms with E-state index in [9.17, 15) is 0 Å². The van der Waals surface area contributed by atoms with E-state index in [1.54, 1.807) is 6.07 Å². The van der Waals surface area contributed by atoms with Crippen molar-refractivity contribution >= 4 is 35.0 Å². The number of anilines is 2. The summed E-state index contributed by atoms with van der Waals surface area (Å²) in [5.41, 5.74) is 7.87. The van der Waals surface area contributed by atoms with Crippen LogP contribution in [0, 0.1) is 23.2 Å². The average Bonchev–Trinajstić information content (AvgIpc) is 2.58. The molecule has 3 N–H and O–H groups in total. The number of benzene rings is 1. The van der Waals surface area contributed by atoms with Crippen molar-refractivity contribution in [3.05, 3.63) is 34.3 Å². The Labute approximate surface area is 164 Å². The summed E-state index contributed by atoms with van der Waals surface area (Å²) >= 11 is 12.5. The summed E-state index contributed by atoms with van der Waals surface area (Å²) in [6, 6.07) is 7.82. The van der Waals surface area contributed by atoms with Crippen molar-refractivity contribution in [1.82, 2.24) is 9.97 Å². The van der Waals surface area contributed by atoms with Crippen molar-refractivity contribution in [3.63, 3.8) is 0 Å². The van der Waals surface area contributed by atoms with Crippen LogP contribution in [0.25, 0.3) is 11.3 Å². The second-order valence-corrected chi connectivity index (χ2v) is 9.09. The molecule has 1 aromatic carbocycles. The van der Waals surface area contributed by atoms with Gasteiger partial charge in [0, 0.05) is 17.7 Å². The lowest BCUT2D eigenvalue weighted by Gasteiger charge is -2.62. The fourth-order valence-corrected chi connectivity index (χ4v) is 5.31. The molecule has 3 saturated carbocycles. The lowest BCUT2D eigenvalue weighted by Crippen LogP contribution is -2.58. The quantitative estimate of drug-likeness (QED) is 0.724. The molecule has 1 heterocycles. The normalized spacial score (nSPS) is 29.1. The number of fused-ring (bicyclic) bond motifs is 2. The van der Waals surface area contributed by atoms with Crippen molar-refractivity contribution in [1.29, 1.82) is 0 Å². The molecule has 138 valence electrons. The van der Waals surface area contributed by atoms with E-state index in [4.69, 9.17) is 28.9 Å². The summed E-state index contributed by atoms with van der Waals surface area (Å²) in [7, 11) is 0. The first kappa shape index (κ1) is 17.9. The number of aromatic nitrogens is 2. The second kappa shape index (κ2) is 6.28. The fraction of sp³-hybridized carbons (Fsp3) is 0.500. The number of nitrogen functional groups attached to an aromatic ring is 1. The van der Waals surface area contributed by atoms with E-state index < -0.39 is 0 Å². The van der Waals surface area contributed by atoms with Crippen molar-refractivity contribution in [2.24, 2.45) is 23.2 Å². The van der Waals surface area contributed by atoms with E-state index in [0.717, 1.165) is 23.2 Å². The highest BCUT2D eigenvalue weighted by molar-refractivity contribution is 6.43. The number of hydrogen-bond donors (Lipinski definition) is 2. The van der Waals surface area contributed by atoms with Crippen LogP contribution in [0.5, 0.6) is 0 Å². The summed E-state index contributed by atoms with van der Waals surface area (Å²) in [5, 5.41) is 4.59. The molecular formula is C20H24Cl2N4. The maximum atomic E-state index is 6.35. The molecule has 26 heavy (non-hydrogen) atoms. The Kier molecular flexibility index (Phi) is 4.31.